The fourth-order valence-electron chi connectivity index (χ4n) is 6.00. The first kappa shape index (κ1) is 29.8. The van der Waals surface area contributed by atoms with Gasteiger partial charge in [-0.2, -0.15) is 0 Å². The molecule has 2 fully saturated rings. The molecule has 9 nitrogen and oxygen atoms in total. The lowest BCUT2D eigenvalue weighted by Crippen LogP contribution is -2.55. The summed E-state index contributed by atoms with van der Waals surface area (Å²) >= 11 is 7.01. The van der Waals surface area contributed by atoms with Gasteiger partial charge in [0, 0.05) is 53.3 Å². The number of fused-ring (bicyclic) bond motifs is 1. The predicted molar refractivity (Wildman–Crippen MR) is 164 cm³/mol. The van der Waals surface area contributed by atoms with E-state index in [1.54, 1.807) is 9.80 Å². The van der Waals surface area contributed by atoms with E-state index in [4.69, 9.17) is 10.5 Å². The first-order valence-corrected chi connectivity index (χ1v) is 15.9. The van der Waals surface area contributed by atoms with Crippen molar-refractivity contribution in [1.82, 2.24) is 14.7 Å². The topological polar surface area (TPSA) is 108 Å². The normalized spacial score (nSPS) is 22.4. The first-order valence-electron chi connectivity index (χ1n) is 14.3. The number of piperidine rings is 2. The van der Waals surface area contributed by atoms with E-state index >= 15 is 0 Å². The first-order chi connectivity index (χ1) is 19.7. The van der Waals surface area contributed by atoms with Gasteiger partial charge < -0.3 is 30.5 Å². The number of hydrogen-bond donors (Lipinski definition) is 2. The number of likely N-dealkylation sites (tertiary alicyclic amines) is 2. The number of urea groups is 1. The lowest BCUT2D eigenvalue weighted by Gasteiger charge is -2.39. The molecule has 5 rings (SSSR count). The van der Waals surface area contributed by atoms with Crippen LogP contribution in [0.25, 0.3) is 0 Å². The number of nitrogens with zero attached hydrogens (tertiary/aromatic N) is 3. The van der Waals surface area contributed by atoms with Crippen LogP contribution in [0, 0.1) is 5.92 Å². The molecule has 0 aromatic heterocycles. The van der Waals surface area contributed by atoms with Crippen molar-refractivity contribution in [2.24, 2.45) is 11.7 Å². The minimum atomic E-state index is -0.984. The van der Waals surface area contributed by atoms with Crippen molar-refractivity contribution >= 4 is 55.6 Å². The second kappa shape index (κ2) is 13.1. The van der Waals surface area contributed by atoms with E-state index < -0.39 is 18.4 Å². The summed E-state index contributed by atoms with van der Waals surface area (Å²) in [6.45, 7) is 4.21. The van der Waals surface area contributed by atoms with Gasteiger partial charge in [0.1, 0.15) is 0 Å². The molecule has 3 unspecified atom stereocenters. The summed E-state index contributed by atoms with van der Waals surface area (Å²) < 4.78 is 7.70. The van der Waals surface area contributed by atoms with Crippen molar-refractivity contribution in [3.05, 3.63) is 62.5 Å². The molecule has 2 saturated heterocycles. The van der Waals surface area contributed by atoms with Crippen LogP contribution in [0.4, 0.5) is 15.3 Å². The molecule has 0 saturated carbocycles. The zero-order chi connectivity index (χ0) is 29.1. The Labute approximate surface area is 258 Å². The zero-order valence-corrected chi connectivity index (χ0v) is 26.4. The van der Waals surface area contributed by atoms with Gasteiger partial charge in [0.05, 0.1) is 6.17 Å². The molecule has 4 amide bonds. The highest BCUT2D eigenvalue weighted by molar-refractivity contribution is 9.13. The van der Waals surface area contributed by atoms with E-state index in [1.165, 1.54) is 0 Å². The van der Waals surface area contributed by atoms with Crippen LogP contribution in [0.2, 0.25) is 0 Å². The largest absolute Gasteiger partial charge is 0.436 e. The number of nitrogens with two attached hydrogens (primary N) is 1. The van der Waals surface area contributed by atoms with Crippen LogP contribution in [0.1, 0.15) is 43.7 Å². The SMILES string of the molecule is CC1CCN(C(=O)C(Cc2ccc(Br)c(Br)c2)OC(=O)N2CCC(N3CCc4ccccc4NC3=O)CC2)C(N)C1. The molecule has 41 heavy (non-hydrogen) atoms. The number of anilines is 1. The molecule has 11 heteroatoms. The highest BCUT2D eigenvalue weighted by Gasteiger charge is 2.37. The number of ether oxygens (including phenoxy) is 1. The summed E-state index contributed by atoms with van der Waals surface area (Å²) in [6, 6.07) is 13.5. The third-order valence-electron chi connectivity index (χ3n) is 8.42. The van der Waals surface area contributed by atoms with Crippen LogP contribution >= 0.6 is 31.9 Å². The van der Waals surface area contributed by atoms with Crippen LogP contribution in [0.3, 0.4) is 0 Å². The number of para-hydroxylation sites is 1. The van der Waals surface area contributed by atoms with Crippen molar-refractivity contribution in [1.29, 1.82) is 0 Å². The van der Waals surface area contributed by atoms with Crippen molar-refractivity contribution in [3.8, 4) is 0 Å². The standard InChI is InChI=1S/C30H37Br2N5O4/c1-19-8-14-37(27(33)16-19)28(38)26(18-20-6-7-23(31)24(32)17-20)41-30(40)35-12-10-22(11-13-35)36-15-9-21-4-2-3-5-25(21)34-29(36)39/h2-7,17,19,22,26-27H,8-16,18,33H2,1H3,(H,34,39). The number of hydrogen-bond acceptors (Lipinski definition) is 5. The predicted octanol–water partition coefficient (Wildman–Crippen LogP) is 5.36. The summed E-state index contributed by atoms with van der Waals surface area (Å²) in [5.41, 5.74) is 9.22. The van der Waals surface area contributed by atoms with E-state index in [2.05, 4.69) is 44.1 Å². The van der Waals surface area contributed by atoms with E-state index in [0.717, 1.165) is 45.0 Å². The monoisotopic (exact) mass is 689 g/mol. The van der Waals surface area contributed by atoms with Crippen LogP contribution in [0.15, 0.2) is 51.4 Å². The number of carbonyl (C=O) groups is 3. The maximum Gasteiger partial charge on any atom is 0.410 e. The summed E-state index contributed by atoms with van der Waals surface area (Å²) in [5, 5.41) is 3.03. The molecule has 0 radical (unpaired) electrons. The zero-order valence-electron chi connectivity index (χ0n) is 23.2. The van der Waals surface area contributed by atoms with Gasteiger partial charge in [0.2, 0.25) is 0 Å². The number of nitrogens with one attached hydrogen (secondary N) is 1. The van der Waals surface area contributed by atoms with Gasteiger partial charge in [-0.25, -0.2) is 9.59 Å². The quantitative estimate of drug-likeness (QED) is 0.440. The molecule has 2 aromatic rings. The Morgan fingerprint density at radius 1 is 1.05 bits per heavy atom. The van der Waals surface area contributed by atoms with E-state index in [-0.39, 0.29) is 24.4 Å². The minimum Gasteiger partial charge on any atom is -0.436 e. The molecule has 3 N–H and O–H groups in total. The number of benzene rings is 2. The van der Waals surface area contributed by atoms with Crippen LogP contribution in [0.5, 0.6) is 0 Å². The third-order valence-corrected chi connectivity index (χ3v) is 10.3. The van der Waals surface area contributed by atoms with Crippen molar-refractivity contribution < 1.29 is 19.1 Å². The van der Waals surface area contributed by atoms with Gasteiger partial charge in [-0.3, -0.25) is 4.79 Å². The Balaban J connectivity index is 1.23. The number of amides is 4. The molecule has 3 heterocycles. The Bertz CT molecular complexity index is 1290. The van der Waals surface area contributed by atoms with Crippen molar-refractivity contribution in [2.45, 2.75) is 63.8 Å². The Hall–Kier alpha value is -2.63. The average molecular weight is 691 g/mol. The lowest BCUT2D eigenvalue weighted by atomic mass is 9.95. The fraction of sp³-hybridized carbons (Fsp3) is 0.500. The van der Waals surface area contributed by atoms with Crippen molar-refractivity contribution in [2.75, 3.05) is 31.5 Å². The molecule has 0 bridgehead atoms. The van der Waals surface area contributed by atoms with E-state index in [0.29, 0.717) is 44.9 Å². The van der Waals surface area contributed by atoms with Gasteiger partial charge >= 0.3 is 12.1 Å². The molecular weight excluding hydrogens is 654 g/mol. The molecule has 0 spiro atoms. The Morgan fingerprint density at radius 2 is 1.80 bits per heavy atom. The van der Waals surface area contributed by atoms with Crippen LogP contribution in [-0.2, 0) is 22.4 Å². The molecular formula is C30H37Br2N5O4. The summed E-state index contributed by atoms with van der Waals surface area (Å²) in [7, 11) is 0. The van der Waals surface area contributed by atoms with Gasteiger partial charge in [-0.05, 0) is 99.2 Å². The van der Waals surface area contributed by atoms with Gasteiger partial charge in [-0.1, -0.05) is 31.2 Å². The second-order valence-corrected chi connectivity index (χ2v) is 13.0. The second-order valence-electron chi connectivity index (χ2n) is 11.3. The maximum absolute atomic E-state index is 13.7. The van der Waals surface area contributed by atoms with Gasteiger partial charge in [0.25, 0.3) is 5.91 Å². The minimum absolute atomic E-state index is 0.0271. The molecule has 0 aliphatic carbocycles. The average Bonchev–Trinajstić information content (AvgIpc) is 3.12. The molecule has 3 atom stereocenters. The van der Waals surface area contributed by atoms with Crippen LogP contribution < -0.4 is 11.1 Å². The van der Waals surface area contributed by atoms with Gasteiger partial charge in [0.15, 0.2) is 6.10 Å². The van der Waals surface area contributed by atoms with E-state index in [9.17, 15) is 14.4 Å². The molecule has 220 valence electrons. The summed E-state index contributed by atoms with van der Waals surface area (Å²) in [4.78, 5) is 45.2. The lowest BCUT2D eigenvalue weighted by molar-refractivity contribution is -0.145. The fourth-order valence-corrected chi connectivity index (χ4v) is 6.67. The smallest absolute Gasteiger partial charge is 0.410 e. The van der Waals surface area contributed by atoms with E-state index in [1.807, 2.05) is 47.4 Å². The van der Waals surface area contributed by atoms with Crippen molar-refractivity contribution in [3.63, 3.8) is 0 Å². The van der Waals surface area contributed by atoms with Gasteiger partial charge in [-0.15, -0.1) is 0 Å². The third kappa shape index (κ3) is 7.06. The molecule has 3 aliphatic rings. The summed E-state index contributed by atoms with van der Waals surface area (Å²) in [5.74, 6) is 0.187. The maximum atomic E-state index is 13.7. The van der Waals surface area contributed by atoms with Crippen LogP contribution in [-0.4, -0.2) is 77.2 Å². The number of rotatable bonds is 5. The highest BCUT2D eigenvalue weighted by Crippen LogP contribution is 2.28. The summed E-state index contributed by atoms with van der Waals surface area (Å²) in [6.07, 6.45) is 2.02. The number of halogens is 2. The highest BCUT2D eigenvalue weighted by atomic mass is 79.9. The Morgan fingerprint density at radius 3 is 2.54 bits per heavy atom. The number of carbonyl (C=O) groups excluding carboxylic acids is 3. The molecule has 3 aliphatic heterocycles. The Kier molecular flexibility index (Phi) is 9.56. The molecule has 2 aromatic carbocycles.